The predicted octanol–water partition coefficient (Wildman–Crippen LogP) is 1.33. The molecule has 5 nitrogen and oxygen atoms in total. The molecule has 21 heavy (non-hydrogen) atoms. The normalized spacial score (nSPS) is 10.6. The molecular weight excluding hydrogens is 293 g/mol. The first-order valence-corrected chi connectivity index (χ1v) is 7.43. The minimum absolute atomic E-state index is 0.243. The Balaban J connectivity index is 2.23. The zero-order chi connectivity index (χ0) is 15.3. The summed E-state index contributed by atoms with van der Waals surface area (Å²) in [6.07, 6.45) is 1.21. The summed E-state index contributed by atoms with van der Waals surface area (Å²) >= 11 is 0. The fourth-order valence-corrected chi connectivity index (χ4v) is 2.61. The van der Waals surface area contributed by atoms with Crippen molar-refractivity contribution in [3.8, 4) is 11.8 Å². The van der Waals surface area contributed by atoms with Crippen molar-refractivity contribution < 1.29 is 12.8 Å². The van der Waals surface area contributed by atoms with Gasteiger partial charge in [-0.2, -0.15) is 8.42 Å². The topological polar surface area (TPSA) is 85.1 Å². The standard InChI is InChI=1S/C14H12FN3O2S/c15-13-4-2-10-17-14(13)21(19,20)18-12-7-5-11(6-8-12)3-1-9-16/h2,4-8,10,18H,9,16H2. The van der Waals surface area contributed by atoms with E-state index in [4.69, 9.17) is 5.73 Å². The number of nitrogens with one attached hydrogen (secondary N) is 1. The molecule has 0 aliphatic carbocycles. The first-order valence-electron chi connectivity index (χ1n) is 5.95. The van der Waals surface area contributed by atoms with Crippen molar-refractivity contribution in [1.29, 1.82) is 0 Å². The maximum Gasteiger partial charge on any atom is 0.282 e. The van der Waals surface area contributed by atoms with Crippen LogP contribution in [0, 0.1) is 17.7 Å². The van der Waals surface area contributed by atoms with Crippen LogP contribution in [-0.4, -0.2) is 19.9 Å². The van der Waals surface area contributed by atoms with Crippen LogP contribution in [0.25, 0.3) is 0 Å². The summed E-state index contributed by atoms with van der Waals surface area (Å²) in [5.74, 6) is 4.59. The smallest absolute Gasteiger partial charge is 0.282 e. The van der Waals surface area contributed by atoms with E-state index in [-0.39, 0.29) is 6.54 Å². The Hall–Kier alpha value is -2.43. The summed E-state index contributed by atoms with van der Waals surface area (Å²) in [6.45, 7) is 0.243. The quantitative estimate of drug-likeness (QED) is 0.838. The summed E-state index contributed by atoms with van der Waals surface area (Å²) in [5, 5.41) is -0.642. The summed E-state index contributed by atoms with van der Waals surface area (Å²) in [5.41, 5.74) is 6.25. The van der Waals surface area contributed by atoms with Gasteiger partial charge in [0.25, 0.3) is 10.0 Å². The van der Waals surface area contributed by atoms with Crippen molar-refractivity contribution in [2.75, 3.05) is 11.3 Å². The first kappa shape index (κ1) is 15.0. The highest BCUT2D eigenvalue weighted by molar-refractivity contribution is 7.92. The molecule has 0 spiro atoms. The molecule has 1 aromatic heterocycles. The summed E-state index contributed by atoms with van der Waals surface area (Å²) in [4.78, 5) is 3.54. The van der Waals surface area contributed by atoms with Crippen molar-refractivity contribution >= 4 is 15.7 Å². The number of pyridine rings is 1. The van der Waals surface area contributed by atoms with Crippen LogP contribution in [0.4, 0.5) is 10.1 Å². The maximum atomic E-state index is 13.5. The van der Waals surface area contributed by atoms with Gasteiger partial charge in [0.1, 0.15) is 0 Å². The van der Waals surface area contributed by atoms with Crippen LogP contribution in [0.5, 0.6) is 0 Å². The van der Waals surface area contributed by atoms with Crippen LogP contribution in [0.2, 0.25) is 0 Å². The monoisotopic (exact) mass is 305 g/mol. The van der Waals surface area contributed by atoms with E-state index in [9.17, 15) is 12.8 Å². The van der Waals surface area contributed by atoms with E-state index >= 15 is 0 Å². The second-order valence-electron chi connectivity index (χ2n) is 3.98. The predicted molar refractivity (Wildman–Crippen MR) is 77.4 cm³/mol. The number of anilines is 1. The van der Waals surface area contributed by atoms with Crippen LogP contribution in [0.15, 0.2) is 47.6 Å². The van der Waals surface area contributed by atoms with E-state index in [0.717, 1.165) is 6.07 Å². The Morgan fingerprint density at radius 2 is 1.95 bits per heavy atom. The molecule has 0 bridgehead atoms. The molecule has 1 aromatic carbocycles. The number of aromatic nitrogens is 1. The molecule has 7 heteroatoms. The minimum Gasteiger partial charge on any atom is -0.320 e. The number of sulfonamides is 1. The van der Waals surface area contributed by atoms with Crippen molar-refractivity contribution in [2.24, 2.45) is 5.73 Å². The zero-order valence-electron chi connectivity index (χ0n) is 10.9. The highest BCUT2D eigenvalue weighted by Gasteiger charge is 2.20. The number of nitrogens with zero attached hydrogens (tertiary/aromatic N) is 1. The molecule has 0 fully saturated rings. The minimum atomic E-state index is -4.07. The SMILES string of the molecule is NCC#Cc1ccc(NS(=O)(=O)c2ncccc2F)cc1. The highest BCUT2D eigenvalue weighted by Crippen LogP contribution is 2.16. The van der Waals surface area contributed by atoms with E-state index in [2.05, 4.69) is 21.5 Å². The van der Waals surface area contributed by atoms with Gasteiger partial charge in [-0.25, -0.2) is 9.37 Å². The Bertz CT molecular complexity index is 793. The molecule has 0 unspecified atom stereocenters. The lowest BCUT2D eigenvalue weighted by molar-refractivity contribution is 0.557. The van der Waals surface area contributed by atoms with E-state index in [1.807, 2.05) is 0 Å². The molecule has 2 rings (SSSR count). The van der Waals surface area contributed by atoms with Gasteiger partial charge in [0, 0.05) is 17.4 Å². The fourth-order valence-electron chi connectivity index (χ4n) is 1.55. The maximum absolute atomic E-state index is 13.5. The second kappa shape index (κ2) is 6.35. The van der Waals surface area contributed by atoms with Gasteiger partial charge in [-0.3, -0.25) is 4.72 Å². The Labute approximate surface area is 122 Å². The lowest BCUT2D eigenvalue weighted by atomic mass is 10.2. The van der Waals surface area contributed by atoms with Gasteiger partial charge in [-0.1, -0.05) is 11.8 Å². The molecule has 3 N–H and O–H groups in total. The third-order valence-corrected chi connectivity index (χ3v) is 3.77. The molecule has 0 aliphatic rings. The number of benzene rings is 1. The summed E-state index contributed by atoms with van der Waals surface area (Å²) in [7, 11) is -4.07. The van der Waals surface area contributed by atoms with Gasteiger partial charge in [0.05, 0.1) is 6.54 Å². The third-order valence-electron chi connectivity index (χ3n) is 2.45. The average molecular weight is 305 g/mol. The molecule has 0 radical (unpaired) electrons. The molecule has 0 saturated carbocycles. The van der Waals surface area contributed by atoms with Gasteiger partial charge in [0.2, 0.25) is 5.03 Å². The van der Waals surface area contributed by atoms with Crippen molar-refractivity contribution in [1.82, 2.24) is 4.98 Å². The van der Waals surface area contributed by atoms with Gasteiger partial charge < -0.3 is 5.73 Å². The number of rotatable bonds is 3. The molecule has 0 saturated heterocycles. The lowest BCUT2D eigenvalue weighted by Gasteiger charge is -2.07. The van der Waals surface area contributed by atoms with Crippen molar-refractivity contribution in [2.45, 2.75) is 5.03 Å². The lowest BCUT2D eigenvalue weighted by Crippen LogP contribution is -2.16. The van der Waals surface area contributed by atoms with Crippen LogP contribution in [0.3, 0.4) is 0 Å². The van der Waals surface area contributed by atoms with Crippen molar-refractivity contribution in [3.63, 3.8) is 0 Å². The van der Waals surface area contributed by atoms with E-state index in [0.29, 0.717) is 11.3 Å². The molecular formula is C14H12FN3O2S. The molecule has 108 valence electrons. The fraction of sp³-hybridized carbons (Fsp3) is 0.0714. The molecule has 0 atom stereocenters. The Kier molecular flexibility index (Phi) is 4.52. The summed E-state index contributed by atoms with van der Waals surface area (Å²) in [6, 6.07) is 8.68. The average Bonchev–Trinajstić information content (AvgIpc) is 2.46. The van der Waals surface area contributed by atoms with Gasteiger partial charge in [0.15, 0.2) is 5.82 Å². The van der Waals surface area contributed by atoms with Crippen molar-refractivity contribution in [3.05, 3.63) is 54.0 Å². The molecule has 1 heterocycles. The largest absolute Gasteiger partial charge is 0.320 e. The van der Waals surface area contributed by atoms with Crippen LogP contribution in [-0.2, 0) is 10.0 Å². The van der Waals surface area contributed by atoms with Crippen LogP contribution < -0.4 is 10.5 Å². The Morgan fingerprint density at radius 1 is 1.24 bits per heavy atom. The first-order chi connectivity index (χ1) is 10.0. The number of hydrogen-bond acceptors (Lipinski definition) is 4. The third kappa shape index (κ3) is 3.78. The van der Waals surface area contributed by atoms with Crippen LogP contribution in [0.1, 0.15) is 5.56 Å². The highest BCUT2D eigenvalue weighted by atomic mass is 32.2. The molecule has 0 aliphatic heterocycles. The van der Waals surface area contributed by atoms with E-state index in [1.165, 1.54) is 24.4 Å². The van der Waals surface area contributed by atoms with Gasteiger partial charge in [-0.15, -0.1) is 0 Å². The van der Waals surface area contributed by atoms with Gasteiger partial charge in [-0.05, 0) is 36.4 Å². The number of nitrogens with two attached hydrogens (primary N) is 1. The van der Waals surface area contributed by atoms with Gasteiger partial charge >= 0.3 is 0 Å². The molecule has 0 amide bonds. The summed E-state index contributed by atoms with van der Waals surface area (Å²) < 4.78 is 39.8. The second-order valence-corrected chi connectivity index (χ2v) is 5.58. The van der Waals surface area contributed by atoms with Crippen LogP contribution >= 0.6 is 0 Å². The Morgan fingerprint density at radius 3 is 2.57 bits per heavy atom. The zero-order valence-corrected chi connectivity index (χ0v) is 11.7. The number of hydrogen-bond donors (Lipinski definition) is 2. The van der Waals surface area contributed by atoms with E-state index < -0.39 is 20.9 Å². The number of halogens is 1. The van der Waals surface area contributed by atoms with E-state index in [1.54, 1.807) is 12.1 Å². The molecule has 2 aromatic rings.